The lowest BCUT2D eigenvalue weighted by Gasteiger charge is -2.15. The molecule has 0 unspecified atom stereocenters. The van der Waals surface area contributed by atoms with Crippen LogP contribution in [0.15, 0.2) is 84.9 Å². The van der Waals surface area contributed by atoms with Crippen LogP contribution in [-0.4, -0.2) is 23.3 Å². The van der Waals surface area contributed by atoms with Crippen molar-refractivity contribution in [2.24, 2.45) is 0 Å². The normalized spacial score (nSPS) is 11.4. The Bertz CT molecular complexity index is 1200. The molecule has 0 amide bonds. The van der Waals surface area contributed by atoms with Gasteiger partial charge in [-0.15, -0.1) is 0 Å². The predicted molar refractivity (Wildman–Crippen MR) is 122 cm³/mol. The van der Waals surface area contributed by atoms with Gasteiger partial charge in [-0.25, -0.2) is 9.97 Å². The molecule has 0 aliphatic rings. The smallest absolute Gasteiger partial charge is 0.150 e. The Hall–Kier alpha value is -3.23. The lowest BCUT2D eigenvalue weighted by atomic mass is 10.0. The number of hydrogen-bond acceptors (Lipinski definition) is 4. The van der Waals surface area contributed by atoms with Crippen LogP contribution in [0.3, 0.4) is 0 Å². The highest BCUT2D eigenvalue weighted by atomic mass is 31.2. The Morgan fingerprint density at radius 2 is 1.17 bits per heavy atom. The monoisotopic (exact) mass is 399 g/mol. The Kier molecular flexibility index (Phi) is 5.04. The van der Waals surface area contributed by atoms with Crippen molar-refractivity contribution >= 4 is 18.3 Å². The first kappa shape index (κ1) is 19.1. The maximum absolute atomic E-state index is 12.6. The minimum absolute atomic E-state index is 0.381. The van der Waals surface area contributed by atoms with Gasteiger partial charge in [-0.1, -0.05) is 78.9 Å². The van der Waals surface area contributed by atoms with Crippen LogP contribution in [0.4, 0.5) is 5.82 Å². The van der Waals surface area contributed by atoms with Crippen LogP contribution >= 0.6 is 7.14 Å². The first-order chi connectivity index (χ1) is 13.9. The van der Waals surface area contributed by atoms with Gasteiger partial charge in [0.1, 0.15) is 12.8 Å². The van der Waals surface area contributed by atoms with E-state index in [1.165, 1.54) is 0 Å². The Morgan fingerprint density at radius 1 is 0.655 bits per heavy atom. The van der Waals surface area contributed by atoms with E-state index in [1.54, 1.807) is 13.3 Å². The van der Waals surface area contributed by atoms with Crippen molar-refractivity contribution < 1.29 is 4.57 Å². The van der Waals surface area contributed by atoms with Gasteiger partial charge < -0.3 is 10.3 Å². The molecule has 0 saturated heterocycles. The van der Waals surface area contributed by atoms with E-state index in [0.717, 1.165) is 27.7 Å². The number of benzene rings is 3. The maximum Gasteiger partial charge on any atom is 0.150 e. The summed E-state index contributed by atoms with van der Waals surface area (Å²) in [4.78, 5) is 9.67. The van der Waals surface area contributed by atoms with Gasteiger partial charge in [-0.05, 0) is 19.4 Å². The van der Waals surface area contributed by atoms with E-state index in [4.69, 9.17) is 15.7 Å². The first-order valence-corrected chi connectivity index (χ1v) is 12.0. The fourth-order valence-electron chi connectivity index (χ4n) is 3.24. The van der Waals surface area contributed by atoms with Crippen LogP contribution in [0.5, 0.6) is 0 Å². The van der Waals surface area contributed by atoms with Crippen molar-refractivity contribution in [3.05, 3.63) is 84.9 Å². The van der Waals surface area contributed by atoms with Crippen molar-refractivity contribution in [3.63, 3.8) is 0 Å². The van der Waals surface area contributed by atoms with Crippen molar-refractivity contribution in [3.8, 4) is 33.8 Å². The number of nitrogens with two attached hydrogens (primary N) is 1. The highest BCUT2D eigenvalue weighted by molar-refractivity contribution is 7.70. The average Bonchev–Trinajstić information content (AvgIpc) is 2.74. The summed E-state index contributed by atoms with van der Waals surface area (Å²) < 4.78 is 12.6. The van der Waals surface area contributed by atoms with E-state index in [0.29, 0.717) is 17.2 Å². The second kappa shape index (κ2) is 7.65. The van der Waals surface area contributed by atoms with Crippen LogP contribution in [0, 0.1) is 0 Å². The van der Waals surface area contributed by atoms with Gasteiger partial charge >= 0.3 is 0 Å². The summed E-state index contributed by atoms with van der Waals surface area (Å²) in [6.45, 7) is 3.54. The molecule has 0 saturated carbocycles. The zero-order chi connectivity index (χ0) is 20.4. The fourth-order valence-corrected chi connectivity index (χ4v) is 4.14. The molecule has 144 valence electrons. The molecule has 0 spiro atoms. The van der Waals surface area contributed by atoms with Gasteiger partial charge in [0, 0.05) is 22.0 Å². The van der Waals surface area contributed by atoms with Gasteiger partial charge in [0.05, 0.1) is 11.4 Å². The average molecular weight is 399 g/mol. The highest BCUT2D eigenvalue weighted by Gasteiger charge is 2.18. The predicted octanol–water partition coefficient (Wildman–Crippen LogP) is 5.31. The molecule has 5 heteroatoms. The summed E-state index contributed by atoms with van der Waals surface area (Å²) >= 11 is 0. The molecule has 0 bridgehead atoms. The zero-order valence-corrected chi connectivity index (χ0v) is 17.3. The number of rotatable bonds is 4. The van der Waals surface area contributed by atoms with E-state index < -0.39 is 7.14 Å². The van der Waals surface area contributed by atoms with Gasteiger partial charge in [-0.3, -0.25) is 0 Å². The summed E-state index contributed by atoms with van der Waals surface area (Å²) in [5.41, 5.74) is 11.1. The number of anilines is 1. The third kappa shape index (κ3) is 3.98. The van der Waals surface area contributed by atoms with E-state index in [2.05, 4.69) is 0 Å². The summed E-state index contributed by atoms with van der Waals surface area (Å²) in [6, 6.07) is 27.4. The fraction of sp³-hybridized carbons (Fsp3) is 0.0833. The molecule has 0 atom stereocenters. The summed E-state index contributed by atoms with van der Waals surface area (Å²) in [5.74, 6) is 0.381. The Labute approximate surface area is 170 Å². The van der Waals surface area contributed by atoms with Gasteiger partial charge in [0.2, 0.25) is 0 Å². The second-order valence-corrected chi connectivity index (χ2v) is 10.5. The van der Waals surface area contributed by atoms with Crippen molar-refractivity contribution in [1.82, 2.24) is 9.97 Å². The molecule has 4 aromatic rings. The van der Waals surface area contributed by atoms with Crippen molar-refractivity contribution in [1.29, 1.82) is 0 Å². The third-order valence-corrected chi connectivity index (χ3v) is 6.28. The van der Waals surface area contributed by atoms with Crippen LogP contribution in [0.1, 0.15) is 0 Å². The third-order valence-electron chi connectivity index (χ3n) is 4.76. The second-order valence-electron chi connectivity index (χ2n) is 7.29. The van der Waals surface area contributed by atoms with E-state index in [-0.39, 0.29) is 0 Å². The van der Waals surface area contributed by atoms with Gasteiger partial charge in [-0.2, -0.15) is 0 Å². The standard InChI is InChI=1S/C24H22N3OP/c1-29(2,28)20-15-9-14-19(16-20)22-21(17-10-5-3-6-11-17)27-24(25)23(26-22)18-12-7-4-8-13-18/h3-16H,1-2H3,(H2,25,27). The summed E-state index contributed by atoms with van der Waals surface area (Å²) in [5, 5.41) is 0.814. The molecule has 29 heavy (non-hydrogen) atoms. The Balaban J connectivity index is 1.99. The molecular weight excluding hydrogens is 377 g/mol. The quantitative estimate of drug-likeness (QED) is 0.472. The van der Waals surface area contributed by atoms with Crippen LogP contribution in [0.25, 0.3) is 33.8 Å². The molecular formula is C24H22N3OP. The summed E-state index contributed by atoms with van der Waals surface area (Å²) in [6.07, 6.45) is 0. The lowest BCUT2D eigenvalue weighted by Crippen LogP contribution is -2.06. The zero-order valence-electron chi connectivity index (χ0n) is 16.4. The molecule has 1 aromatic heterocycles. The van der Waals surface area contributed by atoms with Crippen LogP contribution in [-0.2, 0) is 4.57 Å². The summed E-state index contributed by atoms with van der Waals surface area (Å²) in [7, 11) is -2.40. The molecule has 3 aromatic carbocycles. The van der Waals surface area contributed by atoms with Crippen molar-refractivity contribution in [2.75, 3.05) is 19.1 Å². The lowest BCUT2D eigenvalue weighted by molar-refractivity contribution is 0.588. The largest absolute Gasteiger partial charge is 0.382 e. The van der Waals surface area contributed by atoms with E-state index in [1.807, 2.05) is 84.9 Å². The molecule has 0 aliphatic carbocycles. The SMILES string of the molecule is CP(C)(=O)c1cccc(-c2nc(-c3ccccc3)c(N)nc2-c2ccccc2)c1. The highest BCUT2D eigenvalue weighted by Crippen LogP contribution is 2.38. The van der Waals surface area contributed by atoms with Crippen molar-refractivity contribution in [2.45, 2.75) is 0 Å². The minimum atomic E-state index is -2.40. The van der Waals surface area contributed by atoms with Crippen LogP contribution < -0.4 is 11.0 Å². The van der Waals surface area contributed by atoms with Crippen LogP contribution in [0.2, 0.25) is 0 Å². The van der Waals surface area contributed by atoms with E-state index in [9.17, 15) is 4.57 Å². The molecule has 0 radical (unpaired) electrons. The van der Waals surface area contributed by atoms with E-state index >= 15 is 0 Å². The number of aromatic nitrogens is 2. The first-order valence-electron chi connectivity index (χ1n) is 9.38. The Morgan fingerprint density at radius 3 is 1.76 bits per heavy atom. The van der Waals surface area contributed by atoms with Gasteiger partial charge in [0.15, 0.2) is 5.82 Å². The molecule has 0 fully saturated rings. The molecule has 4 rings (SSSR count). The number of hydrogen-bond donors (Lipinski definition) is 1. The molecule has 0 aliphatic heterocycles. The number of nitrogens with zero attached hydrogens (tertiary/aromatic N) is 2. The molecule has 4 nitrogen and oxygen atoms in total. The van der Waals surface area contributed by atoms with Gasteiger partial charge in [0.25, 0.3) is 0 Å². The topological polar surface area (TPSA) is 68.9 Å². The molecule has 1 heterocycles. The molecule has 2 N–H and O–H groups in total. The maximum atomic E-state index is 12.6. The minimum Gasteiger partial charge on any atom is -0.382 e. The number of nitrogen functional groups attached to an aromatic ring is 1.